The number of carbonyl (C=O) groups is 1. The molecular weight excluding hydrogens is 495 g/mol. The van der Waals surface area contributed by atoms with Gasteiger partial charge in [0.1, 0.15) is 17.4 Å². The standard InChI is InChI=1S/C28H31FN6O2.C2H6/c1-16-12-31-27(32-13-16)22-11-23(22)28(36)33-26-10-18-9-20(24(29)15-35(18)34-26)21-8-17(2)30-14-25(21)37-19-6-4-3-5-7-19;1-2/h8-10,12-15,17,19,22-23,30H,3-7,11H2,1-2H3,(H,33,34,36);1-2H3. The summed E-state index contributed by atoms with van der Waals surface area (Å²) < 4.78 is 23.1. The van der Waals surface area contributed by atoms with Gasteiger partial charge in [-0.3, -0.25) is 4.79 Å². The highest BCUT2D eigenvalue weighted by atomic mass is 19.1. The summed E-state index contributed by atoms with van der Waals surface area (Å²) in [7, 11) is 0. The lowest BCUT2D eigenvalue weighted by molar-refractivity contribution is -0.117. The average molecular weight is 533 g/mol. The first-order valence-corrected chi connectivity index (χ1v) is 14.1. The molecule has 2 N–H and O–H groups in total. The van der Waals surface area contributed by atoms with Crippen LogP contribution in [0.1, 0.15) is 82.2 Å². The molecule has 6 rings (SSSR count). The maximum absolute atomic E-state index is 15.4. The third kappa shape index (κ3) is 5.97. The maximum atomic E-state index is 15.4. The molecule has 206 valence electrons. The lowest BCUT2D eigenvalue weighted by Crippen LogP contribution is -2.26. The molecule has 1 aliphatic heterocycles. The largest absolute Gasteiger partial charge is 0.488 e. The van der Waals surface area contributed by atoms with Gasteiger partial charge in [-0.15, -0.1) is 5.10 Å². The SMILES string of the molecule is CC.Cc1cnc(C2CC2C(=O)Nc2cc3cc(C4=CC(C)NC=C4OC4CCCCC4)c(F)cn3n2)nc1. The molecule has 3 aromatic heterocycles. The Hall–Kier alpha value is -3.75. The molecule has 8 nitrogen and oxygen atoms in total. The number of amides is 1. The normalized spacial score (nSPS) is 22.6. The average Bonchev–Trinajstić information content (AvgIpc) is 3.66. The van der Waals surface area contributed by atoms with Crippen LogP contribution in [0.2, 0.25) is 0 Å². The van der Waals surface area contributed by atoms with Crippen molar-refractivity contribution < 1.29 is 13.9 Å². The Bertz CT molecular complexity index is 1390. The lowest BCUT2D eigenvalue weighted by Gasteiger charge is -2.28. The van der Waals surface area contributed by atoms with E-state index in [4.69, 9.17) is 4.74 Å². The van der Waals surface area contributed by atoms with Crippen molar-refractivity contribution in [1.82, 2.24) is 24.9 Å². The molecule has 0 bridgehead atoms. The molecular formula is C30H37FN6O2. The monoisotopic (exact) mass is 532 g/mol. The fraction of sp³-hybridized carbons (Fsp3) is 0.467. The molecule has 1 amide bonds. The van der Waals surface area contributed by atoms with Crippen molar-refractivity contribution in [2.45, 2.75) is 84.3 Å². The number of halogens is 1. The number of aryl methyl sites for hydroxylation is 1. The van der Waals surface area contributed by atoms with Gasteiger partial charge in [0.25, 0.3) is 0 Å². The van der Waals surface area contributed by atoms with Gasteiger partial charge in [0.2, 0.25) is 5.91 Å². The lowest BCUT2D eigenvalue weighted by atomic mass is 9.96. The summed E-state index contributed by atoms with van der Waals surface area (Å²) in [6, 6.07) is 3.57. The summed E-state index contributed by atoms with van der Waals surface area (Å²) in [4.78, 5) is 21.5. The van der Waals surface area contributed by atoms with E-state index in [2.05, 4.69) is 25.7 Å². The Balaban J connectivity index is 0.00000151. The molecule has 39 heavy (non-hydrogen) atoms. The van der Waals surface area contributed by atoms with Crippen LogP contribution in [0, 0.1) is 18.7 Å². The van der Waals surface area contributed by atoms with Crippen LogP contribution in [0.5, 0.6) is 0 Å². The second-order valence-corrected chi connectivity index (χ2v) is 10.4. The molecule has 2 aliphatic carbocycles. The van der Waals surface area contributed by atoms with E-state index in [-0.39, 0.29) is 29.9 Å². The molecule has 3 aliphatic rings. The molecule has 2 fully saturated rings. The van der Waals surface area contributed by atoms with Gasteiger partial charge >= 0.3 is 0 Å². The fourth-order valence-electron chi connectivity index (χ4n) is 5.21. The van der Waals surface area contributed by atoms with Gasteiger partial charge in [-0.1, -0.05) is 26.3 Å². The second kappa shape index (κ2) is 11.6. The van der Waals surface area contributed by atoms with E-state index in [9.17, 15) is 4.79 Å². The van der Waals surface area contributed by atoms with E-state index in [0.717, 1.165) is 36.8 Å². The molecule has 3 aromatic rings. The van der Waals surface area contributed by atoms with Crippen LogP contribution in [0.15, 0.2) is 48.8 Å². The number of dihydropyridines is 1. The van der Waals surface area contributed by atoms with Crippen molar-refractivity contribution in [1.29, 1.82) is 0 Å². The molecule has 0 aromatic carbocycles. The Labute approximate surface area is 228 Å². The van der Waals surface area contributed by atoms with Gasteiger partial charge in [-0.05, 0) is 57.6 Å². The van der Waals surface area contributed by atoms with Crippen LogP contribution in [-0.4, -0.2) is 37.6 Å². The zero-order valence-corrected chi connectivity index (χ0v) is 23.1. The zero-order valence-electron chi connectivity index (χ0n) is 23.1. The zero-order chi connectivity index (χ0) is 27.5. The van der Waals surface area contributed by atoms with Gasteiger partial charge < -0.3 is 15.4 Å². The van der Waals surface area contributed by atoms with Crippen LogP contribution >= 0.6 is 0 Å². The summed E-state index contributed by atoms with van der Waals surface area (Å²) in [5.41, 5.74) is 2.87. The predicted molar refractivity (Wildman–Crippen MR) is 149 cm³/mol. The number of hydrogen-bond acceptors (Lipinski definition) is 6. The highest BCUT2D eigenvalue weighted by Crippen LogP contribution is 2.46. The summed E-state index contributed by atoms with van der Waals surface area (Å²) in [6.45, 7) is 7.95. The van der Waals surface area contributed by atoms with Crippen molar-refractivity contribution in [3.05, 3.63) is 71.5 Å². The van der Waals surface area contributed by atoms with Crippen molar-refractivity contribution in [2.24, 2.45) is 5.92 Å². The molecule has 9 heteroatoms. The number of nitrogens with one attached hydrogen (secondary N) is 2. The van der Waals surface area contributed by atoms with Crippen LogP contribution < -0.4 is 10.6 Å². The number of carbonyl (C=O) groups excluding carboxylic acids is 1. The van der Waals surface area contributed by atoms with E-state index in [0.29, 0.717) is 34.9 Å². The fourth-order valence-corrected chi connectivity index (χ4v) is 5.21. The van der Waals surface area contributed by atoms with Crippen molar-refractivity contribution in [3.8, 4) is 0 Å². The second-order valence-electron chi connectivity index (χ2n) is 10.4. The number of allylic oxidation sites excluding steroid dienone is 1. The third-order valence-electron chi connectivity index (χ3n) is 7.36. The number of pyridine rings is 1. The molecule has 0 saturated heterocycles. The predicted octanol–water partition coefficient (Wildman–Crippen LogP) is 5.91. The van der Waals surface area contributed by atoms with Gasteiger partial charge in [-0.25, -0.2) is 18.9 Å². The minimum atomic E-state index is -0.397. The summed E-state index contributed by atoms with van der Waals surface area (Å²) in [5.74, 6) is 1.05. The van der Waals surface area contributed by atoms with Crippen molar-refractivity contribution >= 4 is 22.8 Å². The Morgan fingerprint density at radius 3 is 2.64 bits per heavy atom. The van der Waals surface area contributed by atoms with E-state index >= 15 is 4.39 Å². The Morgan fingerprint density at radius 2 is 1.90 bits per heavy atom. The molecule has 3 unspecified atom stereocenters. The minimum Gasteiger partial charge on any atom is -0.488 e. The van der Waals surface area contributed by atoms with Crippen LogP contribution in [0.3, 0.4) is 0 Å². The summed E-state index contributed by atoms with van der Waals surface area (Å²) >= 11 is 0. The molecule has 3 atom stereocenters. The first-order valence-electron chi connectivity index (χ1n) is 14.1. The minimum absolute atomic E-state index is 0.0184. The maximum Gasteiger partial charge on any atom is 0.229 e. The Morgan fingerprint density at radius 1 is 1.15 bits per heavy atom. The van der Waals surface area contributed by atoms with Crippen molar-refractivity contribution in [3.63, 3.8) is 0 Å². The first kappa shape index (κ1) is 26.8. The number of hydrogen-bond donors (Lipinski definition) is 2. The van der Waals surface area contributed by atoms with Crippen LogP contribution in [0.4, 0.5) is 10.2 Å². The molecule has 2 saturated carbocycles. The summed E-state index contributed by atoms with van der Waals surface area (Å²) in [6.07, 6.45) is 15.2. The van der Waals surface area contributed by atoms with E-state index < -0.39 is 5.82 Å². The van der Waals surface area contributed by atoms with Crippen molar-refractivity contribution in [2.75, 3.05) is 5.32 Å². The quantitative estimate of drug-likeness (QED) is 0.410. The molecule has 0 radical (unpaired) electrons. The van der Waals surface area contributed by atoms with E-state index in [1.54, 1.807) is 24.5 Å². The van der Waals surface area contributed by atoms with Gasteiger partial charge in [0, 0.05) is 53.7 Å². The number of fused-ring (bicyclic) bond motifs is 1. The molecule has 4 heterocycles. The number of rotatable bonds is 6. The topological polar surface area (TPSA) is 93.4 Å². The van der Waals surface area contributed by atoms with E-state index in [1.807, 2.05) is 40.0 Å². The van der Waals surface area contributed by atoms with Crippen LogP contribution in [-0.2, 0) is 9.53 Å². The Kier molecular flexibility index (Phi) is 7.95. The third-order valence-corrected chi connectivity index (χ3v) is 7.36. The van der Waals surface area contributed by atoms with Crippen LogP contribution in [0.25, 0.3) is 11.1 Å². The van der Waals surface area contributed by atoms with Gasteiger partial charge in [0.15, 0.2) is 5.82 Å². The number of anilines is 1. The number of aromatic nitrogens is 4. The van der Waals surface area contributed by atoms with Gasteiger partial charge in [0.05, 0.1) is 17.8 Å². The van der Waals surface area contributed by atoms with E-state index in [1.165, 1.54) is 17.1 Å². The number of ether oxygens (including phenoxy) is 1. The summed E-state index contributed by atoms with van der Waals surface area (Å²) in [5, 5.41) is 10.5. The van der Waals surface area contributed by atoms with Gasteiger partial charge in [-0.2, -0.15) is 0 Å². The highest BCUT2D eigenvalue weighted by molar-refractivity contribution is 5.95. The number of nitrogens with zero attached hydrogens (tertiary/aromatic N) is 4. The smallest absolute Gasteiger partial charge is 0.229 e. The first-order chi connectivity index (χ1) is 18.9. The molecule has 0 spiro atoms. The highest BCUT2D eigenvalue weighted by Gasteiger charge is 2.46.